The fraction of sp³-hybridized carbons (Fsp3) is 0.500. The lowest BCUT2D eigenvalue weighted by Gasteiger charge is -2.13. The summed E-state index contributed by atoms with van der Waals surface area (Å²) >= 11 is 0. The van der Waals surface area contributed by atoms with Crippen LogP contribution >= 0.6 is 0 Å². The van der Waals surface area contributed by atoms with E-state index >= 15 is 0 Å². The zero-order valence-electron chi connectivity index (χ0n) is 11.0. The number of nitrogens with two attached hydrogens (primary N) is 1. The molecular weight excluding hydrogens is 240 g/mol. The molecule has 0 spiro atoms. The van der Waals surface area contributed by atoms with Gasteiger partial charge < -0.3 is 4.42 Å². The van der Waals surface area contributed by atoms with Crippen LogP contribution in [0.4, 0.5) is 0 Å². The Morgan fingerprint density at radius 1 is 1.42 bits per heavy atom. The van der Waals surface area contributed by atoms with Crippen molar-refractivity contribution in [2.24, 2.45) is 5.84 Å². The lowest BCUT2D eigenvalue weighted by molar-refractivity contribution is 0.456. The molecule has 2 aromatic rings. The van der Waals surface area contributed by atoms with Crippen LogP contribution in [-0.4, -0.2) is 9.78 Å². The zero-order chi connectivity index (χ0) is 13.1. The van der Waals surface area contributed by atoms with Crippen LogP contribution in [0.2, 0.25) is 0 Å². The van der Waals surface area contributed by atoms with Gasteiger partial charge in [-0.3, -0.25) is 16.0 Å². The third-order valence-electron chi connectivity index (χ3n) is 3.92. The Kier molecular flexibility index (Phi) is 3.66. The molecule has 3 N–H and O–H groups in total. The molecular formula is C14H20N4O. The second-order valence-corrected chi connectivity index (χ2v) is 5.21. The van der Waals surface area contributed by atoms with E-state index in [4.69, 9.17) is 10.3 Å². The molecule has 0 radical (unpaired) electrons. The number of hydrogen-bond acceptors (Lipinski definition) is 4. The maximum absolute atomic E-state index is 5.61. The van der Waals surface area contributed by atoms with Gasteiger partial charge in [-0.25, -0.2) is 0 Å². The van der Waals surface area contributed by atoms with E-state index in [0.29, 0.717) is 6.04 Å². The molecule has 0 saturated heterocycles. The van der Waals surface area contributed by atoms with E-state index in [1.165, 1.54) is 25.7 Å². The second-order valence-electron chi connectivity index (χ2n) is 5.21. The van der Waals surface area contributed by atoms with Crippen LogP contribution in [-0.2, 0) is 6.42 Å². The Labute approximate surface area is 112 Å². The summed E-state index contributed by atoms with van der Waals surface area (Å²) in [5, 5.41) is 4.68. The monoisotopic (exact) mass is 260 g/mol. The number of hydrazine groups is 1. The molecule has 1 aliphatic rings. The molecule has 5 heteroatoms. The molecule has 0 amide bonds. The van der Waals surface area contributed by atoms with Crippen molar-refractivity contribution in [2.75, 3.05) is 0 Å². The molecule has 2 aromatic heterocycles. The molecule has 1 aliphatic carbocycles. The first-order valence-electron chi connectivity index (χ1n) is 6.89. The Balaban J connectivity index is 1.69. The van der Waals surface area contributed by atoms with E-state index in [-0.39, 0.29) is 6.04 Å². The maximum atomic E-state index is 5.61. The summed E-state index contributed by atoms with van der Waals surface area (Å²) in [4.78, 5) is 0. The van der Waals surface area contributed by atoms with Crippen molar-refractivity contribution in [3.05, 3.63) is 42.1 Å². The Hall–Kier alpha value is -1.59. The third kappa shape index (κ3) is 2.72. The summed E-state index contributed by atoms with van der Waals surface area (Å²) in [6.45, 7) is 0. The van der Waals surface area contributed by atoms with E-state index in [9.17, 15) is 0 Å². The van der Waals surface area contributed by atoms with Crippen molar-refractivity contribution in [2.45, 2.75) is 44.2 Å². The molecule has 5 nitrogen and oxygen atoms in total. The summed E-state index contributed by atoms with van der Waals surface area (Å²) in [5.74, 6) is 5.61. The lowest BCUT2D eigenvalue weighted by atomic mass is 10.1. The molecule has 0 bridgehead atoms. The van der Waals surface area contributed by atoms with Crippen molar-refractivity contribution in [3.63, 3.8) is 0 Å². The van der Waals surface area contributed by atoms with Crippen LogP contribution in [0.3, 0.4) is 0 Å². The Morgan fingerprint density at radius 3 is 2.95 bits per heavy atom. The van der Waals surface area contributed by atoms with Crippen molar-refractivity contribution in [1.82, 2.24) is 15.2 Å². The predicted octanol–water partition coefficient (Wildman–Crippen LogP) is 2.34. The first-order valence-corrected chi connectivity index (χ1v) is 6.89. The molecule has 0 aliphatic heterocycles. The minimum absolute atomic E-state index is 0.0469. The SMILES string of the molecule is NNC(Cc1ccn(C2CCCC2)n1)c1ccoc1. The van der Waals surface area contributed by atoms with Crippen LogP contribution in [0, 0.1) is 0 Å². The van der Waals surface area contributed by atoms with E-state index in [2.05, 4.69) is 27.5 Å². The van der Waals surface area contributed by atoms with Crippen molar-refractivity contribution in [1.29, 1.82) is 0 Å². The summed E-state index contributed by atoms with van der Waals surface area (Å²) in [5.41, 5.74) is 4.94. The highest BCUT2D eigenvalue weighted by Gasteiger charge is 2.19. The van der Waals surface area contributed by atoms with Crippen LogP contribution in [0.1, 0.15) is 49.0 Å². The third-order valence-corrected chi connectivity index (χ3v) is 3.92. The highest BCUT2D eigenvalue weighted by molar-refractivity contribution is 5.15. The topological polar surface area (TPSA) is 69.0 Å². The van der Waals surface area contributed by atoms with Gasteiger partial charge in [-0.1, -0.05) is 12.8 Å². The smallest absolute Gasteiger partial charge is 0.0951 e. The van der Waals surface area contributed by atoms with Gasteiger partial charge in [0.1, 0.15) is 0 Å². The Bertz CT molecular complexity index is 499. The minimum atomic E-state index is 0.0469. The summed E-state index contributed by atoms with van der Waals surface area (Å²) < 4.78 is 7.22. The Morgan fingerprint density at radius 2 is 2.26 bits per heavy atom. The standard InChI is InChI=1S/C14H20N4O/c15-16-14(11-6-8-19-10-11)9-12-5-7-18(17-12)13-3-1-2-4-13/h5-8,10,13-14,16H,1-4,9,15H2. The molecule has 0 aromatic carbocycles. The van der Waals surface area contributed by atoms with E-state index in [1.807, 2.05) is 6.07 Å². The largest absolute Gasteiger partial charge is 0.472 e. The van der Waals surface area contributed by atoms with Crippen molar-refractivity contribution >= 4 is 0 Å². The lowest BCUT2D eigenvalue weighted by Crippen LogP contribution is -2.29. The van der Waals surface area contributed by atoms with Crippen molar-refractivity contribution < 1.29 is 4.42 Å². The van der Waals surface area contributed by atoms with Gasteiger partial charge in [0, 0.05) is 18.2 Å². The van der Waals surface area contributed by atoms with E-state index < -0.39 is 0 Å². The van der Waals surface area contributed by atoms with Gasteiger partial charge in [-0.2, -0.15) is 5.10 Å². The number of aromatic nitrogens is 2. The van der Waals surface area contributed by atoms with Gasteiger partial charge in [0.25, 0.3) is 0 Å². The zero-order valence-corrected chi connectivity index (χ0v) is 11.0. The van der Waals surface area contributed by atoms with Gasteiger partial charge in [-0.15, -0.1) is 0 Å². The predicted molar refractivity (Wildman–Crippen MR) is 72.2 cm³/mol. The molecule has 1 saturated carbocycles. The fourth-order valence-corrected chi connectivity index (χ4v) is 2.81. The molecule has 19 heavy (non-hydrogen) atoms. The van der Waals surface area contributed by atoms with Gasteiger partial charge in [0.15, 0.2) is 0 Å². The molecule has 2 heterocycles. The summed E-state index contributed by atoms with van der Waals surface area (Å²) in [6, 6.07) is 4.65. The van der Waals surface area contributed by atoms with E-state index in [0.717, 1.165) is 17.7 Å². The summed E-state index contributed by atoms with van der Waals surface area (Å²) in [7, 11) is 0. The summed E-state index contributed by atoms with van der Waals surface area (Å²) in [6.07, 6.45) is 11.4. The fourth-order valence-electron chi connectivity index (χ4n) is 2.81. The molecule has 1 fully saturated rings. The molecule has 3 rings (SSSR count). The van der Waals surface area contributed by atoms with Crippen LogP contribution in [0.5, 0.6) is 0 Å². The molecule has 1 unspecified atom stereocenters. The quantitative estimate of drug-likeness (QED) is 0.639. The van der Waals surface area contributed by atoms with Crippen LogP contribution in [0.15, 0.2) is 35.3 Å². The number of rotatable bonds is 5. The van der Waals surface area contributed by atoms with Gasteiger partial charge >= 0.3 is 0 Å². The number of nitrogens with one attached hydrogen (secondary N) is 1. The highest BCUT2D eigenvalue weighted by Crippen LogP contribution is 2.29. The average Bonchev–Trinajstić information content (AvgIpc) is 3.15. The van der Waals surface area contributed by atoms with Crippen LogP contribution in [0.25, 0.3) is 0 Å². The van der Waals surface area contributed by atoms with E-state index in [1.54, 1.807) is 12.5 Å². The van der Waals surface area contributed by atoms with Crippen molar-refractivity contribution in [3.8, 4) is 0 Å². The normalized spacial score (nSPS) is 17.9. The van der Waals surface area contributed by atoms with Crippen LogP contribution < -0.4 is 11.3 Å². The van der Waals surface area contributed by atoms with Gasteiger partial charge in [0.05, 0.1) is 30.3 Å². The number of nitrogens with zero attached hydrogens (tertiary/aromatic N) is 2. The first kappa shape index (κ1) is 12.4. The van der Waals surface area contributed by atoms with Gasteiger partial charge in [0.2, 0.25) is 0 Å². The number of furan rings is 1. The minimum Gasteiger partial charge on any atom is -0.472 e. The number of hydrogen-bond donors (Lipinski definition) is 2. The highest BCUT2D eigenvalue weighted by atomic mass is 16.3. The molecule has 1 atom stereocenters. The molecule has 102 valence electrons. The first-order chi connectivity index (χ1) is 9.36. The second kappa shape index (κ2) is 5.59. The van der Waals surface area contributed by atoms with Gasteiger partial charge in [-0.05, 0) is 25.0 Å². The maximum Gasteiger partial charge on any atom is 0.0951 e. The average molecular weight is 260 g/mol.